The number of halogens is 2. The maximum atomic E-state index is 12.8. The van der Waals surface area contributed by atoms with E-state index in [1.54, 1.807) is 0 Å². The van der Waals surface area contributed by atoms with E-state index < -0.39 is 10.7 Å². The summed E-state index contributed by atoms with van der Waals surface area (Å²) in [5, 5.41) is 10.5. The SMILES string of the molecule is Cl.NCCCc1cc(F)ccc1[N+](=O)[O-]. The van der Waals surface area contributed by atoms with Crippen molar-refractivity contribution in [2.75, 3.05) is 6.54 Å². The van der Waals surface area contributed by atoms with E-state index >= 15 is 0 Å². The van der Waals surface area contributed by atoms with Gasteiger partial charge in [-0.1, -0.05) is 0 Å². The third kappa shape index (κ3) is 3.81. The van der Waals surface area contributed by atoms with Crippen molar-refractivity contribution in [3.8, 4) is 0 Å². The summed E-state index contributed by atoms with van der Waals surface area (Å²) in [5.41, 5.74) is 5.64. The second kappa shape index (κ2) is 6.31. The standard InChI is InChI=1S/C9H11FN2O2.ClH/c10-8-3-4-9(12(13)14)7(6-8)2-1-5-11;/h3-4,6H,1-2,5,11H2;1H. The summed E-state index contributed by atoms with van der Waals surface area (Å²) in [5.74, 6) is -0.456. The van der Waals surface area contributed by atoms with Gasteiger partial charge in [-0.25, -0.2) is 4.39 Å². The van der Waals surface area contributed by atoms with Gasteiger partial charge in [-0.05, 0) is 31.5 Å². The molecule has 0 aliphatic heterocycles. The minimum atomic E-state index is -0.509. The lowest BCUT2D eigenvalue weighted by molar-refractivity contribution is -0.385. The van der Waals surface area contributed by atoms with E-state index in [1.165, 1.54) is 12.1 Å². The number of hydrogen-bond donors (Lipinski definition) is 1. The summed E-state index contributed by atoms with van der Waals surface area (Å²) < 4.78 is 12.8. The molecule has 1 aromatic carbocycles. The van der Waals surface area contributed by atoms with Crippen molar-refractivity contribution in [3.63, 3.8) is 0 Å². The zero-order valence-electron chi connectivity index (χ0n) is 7.98. The first kappa shape index (κ1) is 13.8. The lowest BCUT2D eigenvalue weighted by Crippen LogP contribution is -2.02. The van der Waals surface area contributed by atoms with E-state index in [1.807, 2.05) is 0 Å². The summed E-state index contributed by atoms with van der Waals surface area (Å²) >= 11 is 0. The highest BCUT2D eigenvalue weighted by molar-refractivity contribution is 5.85. The maximum Gasteiger partial charge on any atom is 0.272 e. The van der Waals surface area contributed by atoms with Crippen LogP contribution in [0.5, 0.6) is 0 Å². The Morgan fingerprint density at radius 3 is 2.67 bits per heavy atom. The highest BCUT2D eigenvalue weighted by Crippen LogP contribution is 2.20. The Balaban J connectivity index is 0.00000196. The first-order chi connectivity index (χ1) is 6.65. The molecule has 0 unspecified atom stereocenters. The second-order valence-corrected chi connectivity index (χ2v) is 2.92. The lowest BCUT2D eigenvalue weighted by Gasteiger charge is -2.01. The Morgan fingerprint density at radius 2 is 2.13 bits per heavy atom. The summed E-state index contributed by atoms with van der Waals surface area (Å²) in [6, 6.07) is 3.46. The highest BCUT2D eigenvalue weighted by atomic mass is 35.5. The van der Waals surface area contributed by atoms with Crippen LogP contribution in [0.2, 0.25) is 0 Å². The average molecular weight is 235 g/mol. The molecule has 1 rings (SSSR count). The van der Waals surface area contributed by atoms with Gasteiger partial charge in [-0.3, -0.25) is 10.1 Å². The van der Waals surface area contributed by atoms with Crippen LogP contribution in [0.15, 0.2) is 18.2 Å². The molecule has 0 atom stereocenters. The molecule has 15 heavy (non-hydrogen) atoms. The third-order valence-electron chi connectivity index (χ3n) is 1.89. The van der Waals surface area contributed by atoms with Crippen LogP contribution in [-0.4, -0.2) is 11.5 Å². The fourth-order valence-electron chi connectivity index (χ4n) is 1.22. The van der Waals surface area contributed by atoms with Crippen molar-refractivity contribution < 1.29 is 9.31 Å². The largest absolute Gasteiger partial charge is 0.330 e. The maximum absolute atomic E-state index is 12.8. The van der Waals surface area contributed by atoms with E-state index in [4.69, 9.17) is 5.73 Å². The van der Waals surface area contributed by atoms with Crippen LogP contribution in [0.25, 0.3) is 0 Å². The lowest BCUT2D eigenvalue weighted by atomic mass is 10.1. The number of rotatable bonds is 4. The quantitative estimate of drug-likeness (QED) is 0.640. The molecule has 2 N–H and O–H groups in total. The van der Waals surface area contributed by atoms with Crippen molar-refractivity contribution in [1.82, 2.24) is 0 Å². The molecule has 0 spiro atoms. The number of nitro groups is 1. The Labute approximate surface area is 92.8 Å². The number of hydrogen-bond acceptors (Lipinski definition) is 3. The van der Waals surface area contributed by atoms with Gasteiger partial charge in [-0.15, -0.1) is 12.4 Å². The molecular formula is C9H12ClFN2O2. The molecule has 0 heterocycles. The summed E-state index contributed by atoms with van der Waals surface area (Å²) in [6.45, 7) is 0.438. The van der Waals surface area contributed by atoms with Crippen LogP contribution in [-0.2, 0) is 6.42 Å². The monoisotopic (exact) mass is 234 g/mol. The normalized spacial score (nSPS) is 9.47. The molecule has 4 nitrogen and oxygen atoms in total. The van der Waals surface area contributed by atoms with Gasteiger partial charge in [0.05, 0.1) is 4.92 Å². The molecule has 0 aromatic heterocycles. The second-order valence-electron chi connectivity index (χ2n) is 2.92. The number of nitro benzene ring substituents is 1. The molecule has 0 saturated carbocycles. The molecule has 0 aliphatic carbocycles. The number of benzene rings is 1. The molecule has 0 aliphatic rings. The van der Waals surface area contributed by atoms with E-state index in [-0.39, 0.29) is 18.1 Å². The number of nitrogens with two attached hydrogens (primary N) is 1. The van der Waals surface area contributed by atoms with Crippen LogP contribution in [0.3, 0.4) is 0 Å². The van der Waals surface area contributed by atoms with E-state index in [2.05, 4.69) is 0 Å². The minimum absolute atomic E-state index is 0. The van der Waals surface area contributed by atoms with Gasteiger partial charge < -0.3 is 5.73 Å². The van der Waals surface area contributed by atoms with Crippen LogP contribution in [0.4, 0.5) is 10.1 Å². The first-order valence-corrected chi connectivity index (χ1v) is 4.28. The van der Waals surface area contributed by atoms with Gasteiger partial charge in [0.2, 0.25) is 0 Å². The van der Waals surface area contributed by atoms with Crippen molar-refractivity contribution in [3.05, 3.63) is 39.7 Å². The zero-order chi connectivity index (χ0) is 10.6. The van der Waals surface area contributed by atoms with Crippen LogP contribution in [0, 0.1) is 15.9 Å². The molecule has 6 heteroatoms. The molecule has 0 amide bonds. The summed E-state index contributed by atoms with van der Waals surface area (Å²) in [7, 11) is 0. The van der Waals surface area contributed by atoms with Crippen molar-refractivity contribution >= 4 is 18.1 Å². The predicted octanol–water partition coefficient (Wildman–Crippen LogP) is 2.05. The molecule has 0 saturated heterocycles. The van der Waals surface area contributed by atoms with Crippen molar-refractivity contribution in [2.24, 2.45) is 5.73 Å². The molecule has 0 fully saturated rings. The number of aryl methyl sites for hydroxylation is 1. The van der Waals surface area contributed by atoms with Gasteiger partial charge in [0.25, 0.3) is 5.69 Å². The predicted molar refractivity (Wildman–Crippen MR) is 57.7 cm³/mol. The molecular weight excluding hydrogens is 223 g/mol. The fraction of sp³-hybridized carbons (Fsp3) is 0.333. The van der Waals surface area contributed by atoms with Gasteiger partial charge in [0.15, 0.2) is 0 Å². The highest BCUT2D eigenvalue weighted by Gasteiger charge is 2.13. The summed E-state index contributed by atoms with van der Waals surface area (Å²) in [4.78, 5) is 10.0. The fourth-order valence-corrected chi connectivity index (χ4v) is 1.22. The first-order valence-electron chi connectivity index (χ1n) is 4.28. The van der Waals surface area contributed by atoms with Crippen molar-refractivity contribution in [1.29, 1.82) is 0 Å². The average Bonchev–Trinajstić information content (AvgIpc) is 2.14. The zero-order valence-corrected chi connectivity index (χ0v) is 8.80. The van der Waals surface area contributed by atoms with Gasteiger partial charge in [-0.2, -0.15) is 0 Å². The Bertz CT molecular complexity index is 347. The van der Waals surface area contributed by atoms with Crippen LogP contribution >= 0.6 is 12.4 Å². The van der Waals surface area contributed by atoms with Gasteiger partial charge in [0, 0.05) is 11.6 Å². The third-order valence-corrected chi connectivity index (χ3v) is 1.89. The van der Waals surface area contributed by atoms with E-state index in [9.17, 15) is 14.5 Å². The summed E-state index contributed by atoms with van der Waals surface area (Å²) in [6.07, 6.45) is 1.05. The molecule has 0 bridgehead atoms. The smallest absolute Gasteiger partial charge is 0.272 e. The Morgan fingerprint density at radius 1 is 1.47 bits per heavy atom. The van der Waals surface area contributed by atoms with Gasteiger partial charge >= 0.3 is 0 Å². The minimum Gasteiger partial charge on any atom is -0.330 e. The topological polar surface area (TPSA) is 69.2 Å². The van der Waals surface area contributed by atoms with E-state index in [0.29, 0.717) is 24.9 Å². The Kier molecular flexibility index (Phi) is 5.81. The molecule has 84 valence electrons. The van der Waals surface area contributed by atoms with Crippen molar-refractivity contribution in [2.45, 2.75) is 12.8 Å². The number of nitrogens with zero attached hydrogens (tertiary/aromatic N) is 1. The van der Waals surface area contributed by atoms with E-state index in [0.717, 1.165) is 6.07 Å². The Hall–Kier alpha value is -1.20. The molecule has 1 aromatic rings. The van der Waals surface area contributed by atoms with Gasteiger partial charge in [0.1, 0.15) is 5.82 Å². The van der Waals surface area contributed by atoms with Crippen LogP contribution < -0.4 is 5.73 Å². The van der Waals surface area contributed by atoms with Crippen LogP contribution in [0.1, 0.15) is 12.0 Å². The molecule has 0 radical (unpaired) electrons.